The van der Waals surface area contributed by atoms with E-state index in [2.05, 4.69) is 22.8 Å². The molecular weight excluding hydrogens is 382 g/mol. The van der Waals surface area contributed by atoms with Gasteiger partial charge in [-0.2, -0.15) is 0 Å². The van der Waals surface area contributed by atoms with Gasteiger partial charge in [0.2, 0.25) is 0 Å². The predicted molar refractivity (Wildman–Crippen MR) is 118 cm³/mol. The van der Waals surface area contributed by atoms with E-state index in [1.807, 2.05) is 60.0 Å². The number of rotatable bonds is 8. The minimum atomic E-state index is 0.211. The molecule has 6 heteroatoms. The van der Waals surface area contributed by atoms with E-state index in [9.17, 15) is 0 Å². The van der Waals surface area contributed by atoms with Gasteiger partial charge in [-0.3, -0.25) is 5.41 Å². The Kier molecular flexibility index (Phi) is 6.56. The van der Waals surface area contributed by atoms with Crippen molar-refractivity contribution < 1.29 is 9.47 Å². The average Bonchev–Trinajstić information content (AvgIpc) is 3.44. The van der Waals surface area contributed by atoms with Gasteiger partial charge in [0.05, 0.1) is 17.6 Å². The van der Waals surface area contributed by atoms with Crippen LogP contribution in [0.25, 0.3) is 0 Å². The Morgan fingerprint density at radius 2 is 2.00 bits per heavy atom. The molecule has 2 heterocycles. The van der Waals surface area contributed by atoms with Crippen molar-refractivity contribution in [2.45, 2.75) is 25.2 Å². The fraction of sp³-hybridized carbons (Fsp3) is 0.261. The van der Waals surface area contributed by atoms with Crippen LogP contribution in [0.15, 0.2) is 72.1 Å². The smallest absolute Gasteiger partial charge is 0.140 e. The summed E-state index contributed by atoms with van der Waals surface area (Å²) in [4.78, 5) is 0.910. The van der Waals surface area contributed by atoms with Crippen LogP contribution in [0.5, 0.6) is 5.75 Å². The molecule has 1 aliphatic rings. The first-order valence-electron chi connectivity index (χ1n) is 9.77. The molecule has 1 aliphatic heterocycles. The molecule has 29 heavy (non-hydrogen) atoms. The van der Waals surface area contributed by atoms with E-state index >= 15 is 0 Å². The lowest BCUT2D eigenvalue weighted by Crippen LogP contribution is -2.28. The topological polar surface area (TPSA) is 66.4 Å². The fourth-order valence-electron chi connectivity index (χ4n) is 3.31. The third kappa shape index (κ3) is 5.67. The van der Waals surface area contributed by atoms with Gasteiger partial charge in [0.1, 0.15) is 18.2 Å². The van der Waals surface area contributed by atoms with Crippen molar-refractivity contribution in [3.8, 4) is 5.75 Å². The summed E-state index contributed by atoms with van der Waals surface area (Å²) in [5.74, 6) is 1.19. The second kappa shape index (κ2) is 9.69. The molecule has 0 saturated carbocycles. The first kappa shape index (κ1) is 19.6. The highest BCUT2D eigenvalue weighted by molar-refractivity contribution is 7.12. The molecule has 5 nitrogen and oxygen atoms in total. The van der Waals surface area contributed by atoms with E-state index in [0.717, 1.165) is 29.3 Å². The second-order valence-electron chi connectivity index (χ2n) is 7.08. The Balaban J connectivity index is 1.23. The number of thiophene rings is 1. The Morgan fingerprint density at radius 1 is 1.10 bits per heavy atom. The Morgan fingerprint density at radius 3 is 2.83 bits per heavy atom. The molecule has 2 atom stereocenters. The van der Waals surface area contributed by atoms with Gasteiger partial charge in [0.25, 0.3) is 0 Å². The van der Waals surface area contributed by atoms with Crippen LogP contribution in [0.4, 0.5) is 5.69 Å². The van der Waals surface area contributed by atoms with Crippen molar-refractivity contribution >= 4 is 22.9 Å². The number of anilines is 1. The van der Waals surface area contributed by atoms with Gasteiger partial charge >= 0.3 is 0 Å². The van der Waals surface area contributed by atoms with E-state index in [1.54, 1.807) is 11.3 Å². The van der Waals surface area contributed by atoms with Gasteiger partial charge in [0.15, 0.2) is 0 Å². The first-order chi connectivity index (χ1) is 14.3. The third-order valence-electron chi connectivity index (χ3n) is 4.83. The highest BCUT2D eigenvalue weighted by atomic mass is 32.1. The van der Waals surface area contributed by atoms with E-state index in [0.29, 0.717) is 19.0 Å². The van der Waals surface area contributed by atoms with Crippen molar-refractivity contribution in [1.29, 1.82) is 5.41 Å². The van der Waals surface area contributed by atoms with E-state index in [-0.39, 0.29) is 12.1 Å². The summed E-state index contributed by atoms with van der Waals surface area (Å²) in [7, 11) is 0. The molecular formula is C23H25N3O2S. The van der Waals surface area contributed by atoms with Crippen LogP contribution < -0.4 is 15.4 Å². The lowest BCUT2D eigenvalue weighted by atomic mass is 10.2. The molecule has 0 spiro atoms. The summed E-state index contributed by atoms with van der Waals surface area (Å²) in [5.41, 5.74) is 2.05. The molecule has 1 fully saturated rings. The highest BCUT2D eigenvalue weighted by Gasteiger charge is 2.25. The summed E-state index contributed by atoms with van der Waals surface area (Å²) in [6.45, 7) is 2.09. The Labute approximate surface area is 175 Å². The summed E-state index contributed by atoms with van der Waals surface area (Å²) < 4.78 is 12.0. The Bertz CT molecular complexity index is 915. The lowest BCUT2D eigenvalue weighted by molar-refractivity contribution is 0.0515. The van der Waals surface area contributed by atoms with Crippen LogP contribution in [-0.2, 0) is 11.3 Å². The predicted octanol–water partition coefficient (Wildman–Crippen LogP) is 4.51. The summed E-state index contributed by atoms with van der Waals surface area (Å²) in [6, 6.07) is 22.2. The van der Waals surface area contributed by atoms with Crippen LogP contribution in [0.3, 0.4) is 0 Å². The van der Waals surface area contributed by atoms with Crippen LogP contribution in [0.1, 0.15) is 16.9 Å². The number of nitrogens with one attached hydrogen (secondary N) is 3. The number of hydrogen-bond acceptors (Lipinski definition) is 5. The molecule has 0 radical (unpaired) electrons. The van der Waals surface area contributed by atoms with Gasteiger partial charge in [-0.05, 0) is 35.6 Å². The molecule has 0 aliphatic carbocycles. The van der Waals surface area contributed by atoms with E-state index < -0.39 is 0 Å². The molecule has 4 rings (SSSR count). The van der Waals surface area contributed by atoms with Crippen LogP contribution in [0.2, 0.25) is 0 Å². The van der Waals surface area contributed by atoms with E-state index in [1.165, 1.54) is 5.56 Å². The maximum absolute atomic E-state index is 8.15. The van der Waals surface area contributed by atoms with Crippen molar-refractivity contribution in [1.82, 2.24) is 5.32 Å². The largest absolute Gasteiger partial charge is 0.492 e. The monoisotopic (exact) mass is 407 g/mol. The number of benzene rings is 2. The number of ether oxygens (including phenoxy) is 2. The lowest BCUT2D eigenvalue weighted by Gasteiger charge is -2.14. The maximum Gasteiger partial charge on any atom is 0.140 e. The fourth-order valence-corrected chi connectivity index (χ4v) is 3.94. The van der Waals surface area contributed by atoms with Crippen LogP contribution in [-0.4, -0.2) is 31.1 Å². The normalized spacial score (nSPS) is 18.5. The van der Waals surface area contributed by atoms with Crippen molar-refractivity contribution in [2.75, 3.05) is 18.5 Å². The molecule has 1 aromatic heterocycles. The molecule has 1 saturated heterocycles. The molecule has 2 aromatic carbocycles. The minimum absolute atomic E-state index is 0.211. The highest BCUT2D eigenvalue weighted by Crippen LogP contribution is 2.20. The van der Waals surface area contributed by atoms with Gasteiger partial charge in [-0.25, -0.2) is 0 Å². The Hall–Kier alpha value is -2.67. The first-order valence-corrected chi connectivity index (χ1v) is 10.7. The second-order valence-corrected chi connectivity index (χ2v) is 8.02. The molecule has 0 bridgehead atoms. The van der Waals surface area contributed by atoms with Gasteiger partial charge in [0, 0.05) is 24.3 Å². The van der Waals surface area contributed by atoms with Crippen molar-refractivity contribution in [2.24, 2.45) is 0 Å². The van der Waals surface area contributed by atoms with Gasteiger partial charge in [-0.15, -0.1) is 11.3 Å². The van der Waals surface area contributed by atoms with Crippen LogP contribution in [0, 0.1) is 5.41 Å². The zero-order valence-electron chi connectivity index (χ0n) is 16.1. The summed E-state index contributed by atoms with van der Waals surface area (Å²) in [5, 5.41) is 16.7. The third-order valence-corrected chi connectivity index (χ3v) is 5.72. The maximum atomic E-state index is 8.15. The summed E-state index contributed by atoms with van der Waals surface area (Å²) >= 11 is 1.55. The SMILES string of the molecule is N=C(Nc1cccc(OC[C@H]2C[C@H](OCc3ccccc3)CN2)c1)c1cccs1. The zero-order valence-corrected chi connectivity index (χ0v) is 17.0. The molecule has 0 amide bonds. The summed E-state index contributed by atoms with van der Waals surface area (Å²) in [6.07, 6.45) is 1.15. The quantitative estimate of drug-likeness (QED) is 0.380. The number of hydrogen-bond donors (Lipinski definition) is 3. The molecule has 3 aromatic rings. The average molecular weight is 408 g/mol. The molecule has 3 N–H and O–H groups in total. The molecule has 0 unspecified atom stereocenters. The van der Waals surface area contributed by atoms with Crippen molar-refractivity contribution in [3.63, 3.8) is 0 Å². The number of amidine groups is 1. The van der Waals surface area contributed by atoms with Crippen LogP contribution >= 0.6 is 11.3 Å². The standard InChI is InChI=1S/C23H25N3O2S/c24-23(22-10-5-11-29-22)26-18-8-4-9-20(12-18)28-16-19-13-21(14-25-19)27-15-17-6-2-1-3-7-17/h1-12,19,21,25H,13-16H2,(H2,24,26)/t19-,21+/m1/s1. The van der Waals surface area contributed by atoms with Gasteiger partial charge < -0.3 is 20.1 Å². The zero-order chi connectivity index (χ0) is 19.9. The van der Waals surface area contributed by atoms with E-state index in [4.69, 9.17) is 14.9 Å². The molecule has 150 valence electrons. The van der Waals surface area contributed by atoms with Crippen molar-refractivity contribution in [3.05, 3.63) is 82.6 Å². The minimum Gasteiger partial charge on any atom is -0.492 e. The van der Waals surface area contributed by atoms with Gasteiger partial charge in [-0.1, -0.05) is 42.5 Å².